The van der Waals surface area contributed by atoms with Crippen LogP contribution in [0, 0.1) is 0 Å². The molecule has 1 fully saturated rings. The first-order valence-electron chi connectivity index (χ1n) is 8.80. The van der Waals surface area contributed by atoms with Gasteiger partial charge < -0.3 is 16.0 Å². The summed E-state index contributed by atoms with van der Waals surface area (Å²) in [5.41, 5.74) is 7.98. The third-order valence-electron chi connectivity index (χ3n) is 5.17. The molecule has 0 unspecified atom stereocenters. The zero-order chi connectivity index (χ0) is 19.2. The Morgan fingerprint density at radius 1 is 1.30 bits per heavy atom. The molecule has 1 aromatic carbocycles. The maximum Gasteiger partial charge on any atom is 0.427 e. The van der Waals surface area contributed by atoms with E-state index in [1.807, 2.05) is 11.0 Å². The summed E-state index contributed by atoms with van der Waals surface area (Å²) in [6, 6.07) is 5.44. The first kappa shape index (κ1) is 18.1. The molecular weight excluding hydrogens is 377 g/mol. The molecule has 27 heavy (non-hydrogen) atoms. The van der Waals surface area contributed by atoms with Gasteiger partial charge in [-0.05, 0) is 43.4 Å². The number of nitrogens with one attached hydrogen (secondary N) is 1. The summed E-state index contributed by atoms with van der Waals surface area (Å²) in [7, 11) is 0. The Morgan fingerprint density at radius 2 is 2.11 bits per heavy atom. The highest BCUT2D eigenvalue weighted by molar-refractivity contribution is 7.15. The van der Waals surface area contributed by atoms with Crippen LogP contribution in [0.4, 0.5) is 24.0 Å². The van der Waals surface area contributed by atoms with Gasteiger partial charge in [0, 0.05) is 29.9 Å². The lowest BCUT2D eigenvalue weighted by Gasteiger charge is -2.35. The number of nitrogens with two attached hydrogens (primary N) is 1. The van der Waals surface area contributed by atoms with E-state index in [1.54, 1.807) is 12.1 Å². The number of hydrogen-bond acceptors (Lipinski definition) is 5. The Morgan fingerprint density at radius 3 is 2.85 bits per heavy atom. The fraction of sp³-hybridized carbons (Fsp3) is 0.444. The molecule has 1 amide bonds. The molecule has 2 aliphatic rings. The van der Waals surface area contributed by atoms with Crippen LogP contribution in [0.2, 0.25) is 0 Å². The van der Waals surface area contributed by atoms with Crippen molar-refractivity contribution in [3.05, 3.63) is 40.4 Å². The van der Waals surface area contributed by atoms with E-state index < -0.39 is 11.1 Å². The lowest BCUT2D eigenvalue weighted by Crippen LogP contribution is -2.42. The molecule has 5 nitrogen and oxygen atoms in total. The number of benzene rings is 1. The molecule has 2 aromatic rings. The van der Waals surface area contributed by atoms with Crippen molar-refractivity contribution < 1.29 is 18.0 Å². The van der Waals surface area contributed by atoms with Crippen LogP contribution in [0.25, 0.3) is 0 Å². The van der Waals surface area contributed by atoms with Crippen molar-refractivity contribution in [3.63, 3.8) is 0 Å². The largest absolute Gasteiger partial charge is 0.427 e. The maximum atomic E-state index is 12.7. The van der Waals surface area contributed by atoms with Crippen molar-refractivity contribution in [2.45, 2.75) is 50.5 Å². The summed E-state index contributed by atoms with van der Waals surface area (Å²) >= 11 is 0.617. The van der Waals surface area contributed by atoms with E-state index in [-0.39, 0.29) is 23.1 Å². The fourth-order valence-electron chi connectivity index (χ4n) is 3.86. The van der Waals surface area contributed by atoms with Crippen LogP contribution < -0.4 is 11.1 Å². The quantitative estimate of drug-likeness (QED) is 0.766. The molecule has 2 heterocycles. The van der Waals surface area contributed by atoms with Crippen molar-refractivity contribution in [1.29, 1.82) is 0 Å². The zero-order valence-electron chi connectivity index (χ0n) is 14.4. The number of thiazole rings is 1. The summed E-state index contributed by atoms with van der Waals surface area (Å²) < 4.78 is 38.2. The molecule has 1 saturated carbocycles. The van der Waals surface area contributed by atoms with E-state index in [1.165, 1.54) is 0 Å². The van der Waals surface area contributed by atoms with Gasteiger partial charge in [-0.1, -0.05) is 17.4 Å². The highest BCUT2D eigenvalue weighted by Gasteiger charge is 2.36. The van der Waals surface area contributed by atoms with Crippen LogP contribution in [0.3, 0.4) is 0 Å². The second-order valence-corrected chi connectivity index (χ2v) is 8.07. The van der Waals surface area contributed by atoms with Gasteiger partial charge in [-0.3, -0.25) is 4.79 Å². The first-order valence-corrected chi connectivity index (χ1v) is 9.62. The van der Waals surface area contributed by atoms with E-state index in [9.17, 15) is 18.0 Å². The standard InChI is InChI=1S/C18H19F3N4OS/c19-18(20,21)15-8-23-17(27-15)24-12-2-1-3-13(7-12)25-9-10-4-5-11(22)6-14(10)16(25)26/h4-6,8,12-13H,1-3,7,9,22H2,(H,23,24)/t12-,13+/m1/s1. The number of aromatic nitrogens is 1. The molecule has 4 rings (SSSR count). The third kappa shape index (κ3) is 3.60. The molecule has 1 aliphatic heterocycles. The molecule has 2 atom stereocenters. The number of nitrogen functional groups attached to an aromatic ring is 1. The van der Waals surface area contributed by atoms with Crippen molar-refractivity contribution in [2.24, 2.45) is 0 Å². The average Bonchev–Trinajstić information content (AvgIpc) is 3.20. The monoisotopic (exact) mass is 396 g/mol. The highest BCUT2D eigenvalue weighted by atomic mass is 32.1. The number of carbonyl (C=O) groups excluding carboxylic acids is 1. The van der Waals surface area contributed by atoms with Crippen LogP contribution in [0.15, 0.2) is 24.4 Å². The van der Waals surface area contributed by atoms with E-state index in [2.05, 4.69) is 10.3 Å². The van der Waals surface area contributed by atoms with Gasteiger partial charge in [0.2, 0.25) is 0 Å². The number of fused-ring (bicyclic) bond motifs is 1. The number of alkyl halides is 3. The van der Waals surface area contributed by atoms with Gasteiger partial charge in [0.1, 0.15) is 4.88 Å². The topological polar surface area (TPSA) is 71.2 Å². The Kier molecular flexibility index (Phi) is 4.49. The van der Waals surface area contributed by atoms with Gasteiger partial charge in [-0.2, -0.15) is 13.2 Å². The number of hydrogen-bond donors (Lipinski definition) is 2. The number of amides is 1. The minimum atomic E-state index is -4.37. The Bertz CT molecular complexity index is 867. The zero-order valence-corrected chi connectivity index (χ0v) is 15.2. The van der Waals surface area contributed by atoms with E-state index in [4.69, 9.17) is 5.73 Å². The number of anilines is 2. The fourth-order valence-corrected chi connectivity index (χ4v) is 4.62. The second-order valence-electron chi connectivity index (χ2n) is 7.04. The molecular formula is C18H19F3N4OS. The highest BCUT2D eigenvalue weighted by Crippen LogP contribution is 2.37. The van der Waals surface area contributed by atoms with Crippen LogP contribution in [-0.4, -0.2) is 27.9 Å². The van der Waals surface area contributed by atoms with Gasteiger partial charge in [0.05, 0.1) is 6.20 Å². The number of halogens is 3. The molecule has 1 aliphatic carbocycles. The van der Waals surface area contributed by atoms with Gasteiger partial charge in [0.15, 0.2) is 5.13 Å². The van der Waals surface area contributed by atoms with E-state index in [0.717, 1.165) is 31.0 Å². The lowest BCUT2D eigenvalue weighted by molar-refractivity contribution is -0.134. The van der Waals surface area contributed by atoms with Crippen LogP contribution in [0.1, 0.15) is 46.5 Å². The van der Waals surface area contributed by atoms with Gasteiger partial charge in [-0.15, -0.1) is 0 Å². The summed E-state index contributed by atoms with van der Waals surface area (Å²) in [5.74, 6) is -0.0171. The Balaban J connectivity index is 1.43. The molecule has 9 heteroatoms. The van der Waals surface area contributed by atoms with Crippen LogP contribution in [-0.2, 0) is 12.7 Å². The van der Waals surface area contributed by atoms with Crippen molar-refractivity contribution in [2.75, 3.05) is 11.1 Å². The summed E-state index contributed by atoms with van der Waals surface area (Å²) in [6.45, 7) is 0.557. The average molecular weight is 396 g/mol. The summed E-state index contributed by atoms with van der Waals surface area (Å²) in [4.78, 5) is 17.7. The predicted molar refractivity (Wildman–Crippen MR) is 97.5 cm³/mol. The molecule has 3 N–H and O–H groups in total. The SMILES string of the molecule is Nc1ccc2c(c1)C(=O)N([C@H]1CCC[C@@H](Nc3ncc(C(F)(F)F)s3)C1)C2. The van der Waals surface area contributed by atoms with E-state index >= 15 is 0 Å². The van der Waals surface area contributed by atoms with Gasteiger partial charge in [0.25, 0.3) is 5.91 Å². The number of carbonyl (C=O) groups is 1. The van der Waals surface area contributed by atoms with E-state index in [0.29, 0.717) is 35.6 Å². The summed E-state index contributed by atoms with van der Waals surface area (Å²) in [6.07, 6.45) is -0.183. The molecule has 0 bridgehead atoms. The smallest absolute Gasteiger partial charge is 0.399 e. The predicted octanol–water partition coefficient (Wildman–Crippen LogP) is 4.12. The molecule has 0 spiro atoms. The lowest BCUT2D eigenvalue weighted by atomic mass is 9.90. The van der Waals surface area contributed by atoms with Crippen LogP contribution in [0.5, 0.6) is 0 Å². The molecule has 1 aromatic heterocycles. The normalized spacial score (nSPS) is 22.8. The summed E-state index contributed by atoms with van der Waals surface area (Å²) in [5, 5.41) is 3.40. The molecule has 0 saturated heterocycles. The molecule has 0 radical (unpaired) electrons. The third-order valence-corrected chi connectivity index (χ3v) is 6.14. The minimum Gasteiger partial charge on any atom is -0.399 e. The minimum absolute atomic E-state index is 0.00225. The first-order chi connectivity index (χ1) is 12.8. The number of nitrogens with zero attached hydrogens (tertiary/aromatic N) is 2. The van der Waals surface area contributed by atoms with Crippen molar-refractivity contribution >= 4 is 28.1 Å². The van der Waals surface area contributed by atoms with Crippen molar-refractivity contribution in [1.82, 2.24) is 9.88 Å². The number of rotatable bonds is 3. The Hall–Kier alpha value is -2.29. The Labute approximate surface area is 158 Å². The van der Waals surface area contributed by atoms with Gasteiger partial charge >= 0.3 is 6.18 Å². The maximum absolute atomic E-state index is 12.7. The second kappa shape index (κ2) is 6.70. The van der Waals surface area contributed by atoms with Crippen LogP contribution >= 0.6 is 11.3 Å². The van der Waals surface area contributed by atoms with Gasteiger partial charge in [-0.25, -0.2) is 4.98 Å². The molecule has 144 valence electrons. The van der Waals surface area contributed by atoms with Crippen molar-refractivity contribution in [3.8, 4) is 0 Å².